The van der Waals surface area contributed by atoms with Gasteiger partial charge < -0.3 is 10.0 Å². The van der Waals surface area contributed by atoms with Gasteiger partial charge in [0, 0.05) is 18.7 Å². The van der Waals surface area contributed by atoms with Crippen molar-refractivity contribution < 1.29 is 19.2 Å². The van der Waals surface area contributed by atoms with Crippen LogP contribution in [0, 0.1) is 15.9 Å². The first kappa shape index (κ1) is 15.7. The number of hydrogen-bond donors (Lipinski definition) is 1. The molecule has 21 heavy (non-hydrogen) atoms. The second-order valence-electron chi connectivity index (χ2n) is 4.91. The van der Waals surface area contributed by atoms with Gasteiger partial charge in [-0.15, -0.1) is 0 Å². The summed E-state index contributed by atoms with van der Waals surface area (Å²) in [7, 11) is 0. The lowest BCUT2D eigenvalue weighted by Gasteiger charge is -2.28. The highest BCUT2D eigenvalue weighted by Gasteiger charge is 2.32. The average Bonchev–Trinajstić information content (AvgIpc) is 2.66. The van der Waals surface area contributed by atoms with Crippen LogP contribution in [-0.2, 0) is 4.79 Å². The van der Waals surface area contributed by atoms with Crippen molar-refractivity contribution in [2.24, 2.45) is 0 Å². The summed E-state index contributed by atoms with van der Waals surface area (Å²) in [5, 5.41) is 20.5. The molecule has 6 nitrogen and oxygen atoms in total. The van der Waals surface area contributed by atoms with Crippen LogP contribution >= 0.6 is 15.9 Å². The molecule has 0 aliphatic carbocycles. The number of nitrogens with zero attached hydrogens (tertiary/aromatic N) is 2. The summed E-state index contributed by atoms with van der Waals surface area (Å²) in [4.78, 5) is 23.4. The van der Waals surface area contributed by atoms with E-state index in [1.807, 2.05) is 0 Å². The van der Waals surface area contributed by atoms with Gasteiger partial charge in [0.25, 0.3) is 5.69 Å². The first-order valence-corrected chi connectivity index (χ1v) is 7.34. The van der Waals surface area contributed by atoms with Crippen LogP contribution in [0.5, 0.6) is 0 Å². The summed E-state index contributed by atoms with van der Waals surface area (Å²) in [6.07, 6.45) is 2.70. The molecular weight excluding hydrogens is 347 g/mol. The molecule has 8 heteroatoms. The van der Waals surface area contributed by atoms with E-state index in [1.165, 1.54) is 4.90 Å². The number of benzene rings is 1. The van der Waals surface area contributed by atoms with E-state index < -0.39 is 22.8 Å². The topological polar surface area (TPSA) is 83.7 Å². The van der Waals surface area contributed by atoms with Crippen molar-refractivity contribution in [3.05, 3.63) is 32.5 Å². The molecule has 114 valence electrons. The van der Waals surface area contributed by atoms with Gasteiger partial charge in [-0.2, -0.15) is 0 Å². The minimum atomic E-state index is -1.05. The van der Waals surface area contributed by atoms with E-state index >= 15 is 0 Å². The first-order valence-electron chi connectivity index (χ1n) is 6.54. The van der Waals surface area contributed by atoms with Crippen molar-refractivity contribution in [3.8, 4) is 0 Å². The molecule has 0 spiro atoms. The highest BCUT2D eigenvalue weighted by atomic mass is 79.9. The highest BCUT2D eigenvalue weighted by Crippen LogP contribution is 2.36. The maximum Gasteiger partial charge on any atom is 0.326 e. The predicted molar refractivity (Wildman–Crippen MR) is 78.0 cm³/mol. The van der Waals surface area contributed by atoms with Crippen LogP contribution in [0.4, 0.5) is 15.8 Å². The van der Waals surface area contributed by atoms with Crippen LogP contribution in [0.15, 0.2) is 16.6 Å². The zero-order valence-corrected chi connectivity index (χ0v) is 12.7. The van der Waals surface area contributed by atoms with Gasteiger partial charge in [-0.1, -0.05) is 12.8 Å². The molecule has 2 rings (SSSR count). The Bertz CT molecular complexity index is 582. The minimum absolute atomic E-state index is 0.0142. The molecule has 0 bridgehead atoms. The lowest BCUT2D eigenvalue weighted by Crippen LogP contribution is -2.41. The Morgan fingerprint density at radius 3 is 2.76 bits per heavy atom. The van der Waals surface area contributed by atoms with Gasteiger partial charge in [-0.3, -0.25) is 10.1 Å². The van der Waals surface area contributed by atoms with Crippen LogP contribution in [0.1, 0.15) is 25.7 Å². The molecule has 1 aromatic carbocycles. The Morgan fingerprint density at radius 1 is 1.43 bits per heavy atom. The average molecular weight is 361 g/mol. The van der Waals surface area contributed by atoms with Crippen molar-refractivity contribution in [2.45, 2.75) is 31.7 Å². The van der Waals surface area contributed by atoms with Gasteiger partial charge in [0.05, 0.1) is 9.40 Å². The maximum atomic E-state index is 13.8. The summed E-state index contributed by atoms with van der Waals surface area (Å²) < 4.78 is 13.7. The molecule has 0 amide bonds. The monoisotopic (exact) mass is 360 g/mol. The maximum absolute atomic E-state index is 13.8. The fourth-order valence-electron chi connectivity index (χ4n) is 2.56. The molecule has 1 unspecified atom stereocenters. The Kier molecular flexibility index (Phi) is 4.76. The van der Waals surface area contributed by atoms with E-state index in [2.05, 4.69) is 15.9 Å². The van der Waals surface area contributed by atoms with Crippen LogP contribution in [-0.4, -0.2) is 28.6 Å². The van der Waals surface area contributed by atoms with Crippen LogP contribution in [0.2, 0.25) is 0 Å². The van der Waals surface area contributed by atoms with Crippen molar-refractivity contribution in [3.63, 3.8) is 0 Å². The van der Waals surface area contributed by atoms with Crippen molar-refractivity contribution in [2.75, 3.05) is 11.4 Å². The van der Waals surface area contributed by atoms with Gasteiger partial charge in [-0.25, -0.2) is 9.18 Å². The number of nitro groups is 1. The first-order chi connectivity index (χ1) is 9.91. The molecule has 1 saturated heterocycles. The van der Waals surface area contributed by atoms with Gasteiger partial charge in [-0.05, 0) is 28.8 Å². The van der Waals surface area contributed by atoms with E-state index in [0.29, 0.717) is 13.0 Å². The van der Waals surface area contributed by atoms with Gasteiger partial charge in [0.1, 0.15) is 17.5 Å². The summed E-state index contributed by atoms with van der Waals surface area (Å²) in [5.41, 5.74) is -0.272. The van der Waals surface area contributed by atoms with Crippen LogP contribution in [0.25, 0.3) is 0 Å². The van der Waals surface area contributed by atoms with E-state index in [9.17, 15) is 24.4 Å². The Morgan fingerprint density at radius 2 is 2.14 bits per heavy atom. The van der Waals surface area contributed by atoms with Crippen molar-refractivity contribution in [1.82, 2.24) is 0 Å². The number of anilines is 1. The van der Waals surface area contributed by atoms with E-state index in [0.717, 1.165) is 31.4 Å². The highest BCUT2D eigenvalue weighted by molar-refractivity contribution is 9.10. The number of halogens is 2. The molecular formula is C13H14BrFN2O4. The summed E-state index contributed by atoms with van der Waals surface area (Å²) >= 11 is 2.92. The molecule has 0 aromatic heterocycles. The van der Waals surface area contributed by atoms with E-state index in [-0.39, 0.29) is 15.8 Å². The summed E-state index contributed by atoms with van der Waals surface area (Å²) in [6, 6.07) is 1.24. The summed E-state index contributed by atoms with van der Waals surface area (Å²) in [6.45, 7) is 0.360. The van der Waals surface area contributed by atoms with Gasteiger partial charge in [0.15, 0.2) is 0 Å². The van der Waals surface area contributed by atoms with Crippen molar-refractivity contribution in [1.29, 1.82) is 0 Å². The number of rotatable bonds is 3. The van der Waals surface area contributed by atoms with Gasteiger partial charge >= 0.3 is 5.97 Å². The standard InChI is InChI=1S/C13H14BrFN2O4/c14-8-6-12(17(20)21)11(7-9(8)15)16-5-3-1-2-4-10(16)13(18)19/h6-7,10H,1-5H2,(H,18,19). The second kappa shape index (κ2) is 6.38. The van der Waals surface area contributed by atoms with E-state index in [4.69, 9.17) is 0 Å². The molecule has 1 aromatic rings. The van der Waals surface area contributed by atoms with Crippen molar-refractivity contribution >= 4 is 33.3 Å². The molecule has 1 N–H and O–H groups in total. The SMILES string of the molecule is O=C(O)C1CCCCCN1c1cc(F)c(Br)cc1[N+](=O)[O-]. The summed E-state index contributed by atoms with van der Waals surface area (Å²) in [5.74, 6) is -1.70. The number of aliphatic carboxylic acids is 1. The second-order valence-corrected chi connectivity index (χ2v) is 5.76. The zero-order chi connectivity index (χ0) is 15.6. The number of carboxylic acids is 1. The third kappa shape index (κ3) is 3.31. The Labute approximate surface area is 128 Å². The third-order valence-corrected chi connectivity index (χ3v) is 4.17. The fourth-order valence-corrected chi connectivity index (χ4v) is 2.89. The van der Waals surface area contributed by atoms with Crippen LogP contribution in [0.3, 0.4) is 0 Å². The smallest absolute Gasteiger partial charge is 0.326 e. The third-order valence-electron chi connectivity index (χ3n) is 3.56. The Balaban J connectivity index is 2.53. The lowest BCUT2D eigenvalue weighted by molar-refractivity contribution is -0.384. The number of nitro benzene ring substituents is 1. The number of hydrogen-bond acceptors (Lipinski definition) is 4. The van der Waals surface area contributed by atoms with Gasteiger partial charge in [0.2, 0.25) is 0 Å². The Hall–Kier alpha value is -1.70. The molecule has 1 aliphatic heterocycles. The normalized spacial score (nSPS) is 19.1. The zero-order valence-electron chi connectivity index (χ0n) is 11.1. The largest absolute Gasteiger partial charge is 0.480 e. The number of carbonyl (C=O) groups is 1. The molecule has 1 heterocycles. The molecule has 1 aliphatic rings. The molecule has 0 radical (unpaired) electrons. The fraction of sp³-hybridized carbons (Fsp3) is 0.462. The number of carboxylic acid groups (broad SMARTS) is 1. The molecule has 0 saturated carbocycles. The van der Waals surface area contributed by atoms with E-state index in [1.54, 1.807) is 0 Å². The lowest BCUT2D eigenvalue weighted by atomic mass is 10.1. The predicted octanol–water partition coefficient (Wildman–Crippen LogP) is 3.33. The molecule has 1 atom stereocenters. The van der Waals surface area contributed by atoms with Crippen LogP contribution < -0.4 is 4.90 Å². The minimum Gasteiger partial charge on any atom is -0.480 e. The quantitative estimate of drug-likeness (QED) is 0.660. The molecule has 1 fully saturated rings.